The SMILES string of the molecule is CCC1CCCCC1NC1CC(C)N(C2CC2)C1. The van der Waals surface area contributed by atoms with Crippen LogP contribution < -0.4 is 5.32 Å². The standard InChI is InChI=1S/C16H30N2/c1-3-13-6-4-5-7-16(13)17-14-10-12(2)18(11-14)15-8-9-15/h12-17H,3-11H2,1-2H3. The van der Waals surface area contributed by atoms with Gasteiger partial charge in [0.1, 0.15) is 0 Å². The van der Waals surface area contributed by atoms with E-state index in [0.29, 0.717) is 0 Å². The molecule has 0 aromatic carbocycles. The Balaban J connectivity index is 1.52. The van der Waals surface area contributed by atoms with Gasteiger partial charge in [-0.1, -0.05) is 26.2 Å². The van der Waals surface area contributed by atoms with E-state index in [9.17, 15) is 0 Å². The molecule has 1 heterocycles. The zero-order valence-corrected chi connectivity index (χ0v) is 12.2. The van der Waals surface area contributed by atoms with Gasteiger partial charge < -0.3 is 5.32 Å². The van der Waals surface area contributed by atoms with Crippen LogP contribution >= 0.6 is 0 Å². The van der Waals surface area contributed by atoms with Crippen molar-refractivity contribution in [1.82, 2.24) is 10.2 Å². The second kappa shape index (κ2) is 5.50. The Morgan fingerprint density at radius 1 is 1.11 bits per heavy atom. The lowest BCUT2D eigenvalue weighted by Gasteiger charge is -2.34. The second-order valence-corrected chi connectivity index (χ2v) is 6.94. The molecule has 4 unspecified atom stereocenters. The molecule has 2 saturated carbocycles. The number of nitrogens with one attached hydrogen (secondary N) is 1. The first kappa shape index (κ1) is 12.9. The predicted molar refractivity (Wildman–Crippen MR) is 76.8 cm³/mol. The van der Waals surface area contributed by atoms with E-state index in [1.807, 2.05) is 0 Å². The summed E-state index contributed by atoms with van der Waals surface area (Å²) < 4.78 is 0. The molecule has 0 aromatic rings. The Bertz CT molecular complexity index is 274. The lowest BCUT2D eigenvalue weighted by Crippen LogP contribution is -2.45. The van der Waals surface area contributed by atoms with E-state index < -0.39 is 0 Å². The van der Waals surface area contributed by atoms with Crippen LogP contribution in [0.15, 0.2) is 0 Å². The molecule has 0 amide bonds. The number of rotatable bonds is 4. The summed E-state index contributed by atoms with van der Waals surface area (Å²) in [4.78, 5) is 2.77. The van der Waals surface area contributed by atoms with E-state index in [4.69, 9.17) is 0 Å². The lowest BCUT2D eigenvalue weighted by molar-refractivity contribution is 0.227. The third-order valence-electron chi connectivity index (χ3n) is 5.52. The third-order valence-corrected chi connectivity index (χ3v) is 5.52. The van der Waals surface area contributed by atoms with Crippen LogP contribution in [0.4, 0.5) is 0 Å². The monoisotopic (exact) mass is 250 g/mol. The zero-order valence-electron chi connectivity index (χ0n) is 12.2. The van der Waals surface area contributed by atoms with E-state index in [2.05, 4.69) is 24.1 Å². The Labute approximate surface area is 113 Å². The van der Waals surface area contributed by atoms with Crippen LogP contribution in [0, 0.1) is 5.92 Å². The molecule has 1 aliphatic heterocycles. The van der Waals surface area contributed by atoms with Gasteiger partial charge in [0, 0.05) is 30.7 Å². The van der Waals surface area contributed by atoms with E-state index in [1.165, 1.54) is 57.9 Å². The smallest absolute Gasteiger partial charge is 0.0212 e. The fourth-order valence-electron chi connectivity index (χ4n) is 4.31. The summed E-state index contributed by atoms with van der Waals surface area (Å²) in [5.74, 6) is 0.948. The predicted octanol–water partition coefficient (Wildman–Crippen LogP) is 3.17. The summed E-state index contributed by atoms with van der Waals surface area (Å²) in [7, 11) is 0. The van der Waals surface area contributed by atoms with Crippen molar-refractivity contribution in [3.05, 3.63) is 0 Å². The van der Waals surface area contributed by atoms with Crippen LogP contribution in [-0.4, -0.2) is 35.6 Å². The van der Waals surface area contributed by atoms with E-state index in [1.54, 1.807) is 0 Å². The van der Waals surface area contributed by atoms with Gasteiger partial charge in [-0.3, -0.25) is 4.90 Å². The Hall–Kier alpha value is -0.0800. The number of hydrogen-bond donors (Lipinski definition) is 1. The average Bonchev–Trinajstić information content (AvgIpc) is 3.15. The molecule has 1 N–H and O–H groups in total. The molecule has 2 nitrogen and oxygen atoms in total. The van der Waals surface area contributed by atoms with Crippen molar-refractivity contribution < 1.29 is 0 Å². The molecule has 4 atom stereocenters. The number of nitrogens with zero attached hydrogens (tertiary/aromatic N) is 1. The highest BCUT2D eigenvalue weighted by Crippen LogP contribution is 2.34. The van der Waals surface area contributed by atoms with Gasteiger partial charge in [-0.05, 0) is 44.9 Å². The number of hydrogen-bond acceptors (Lipinski definition) is 2. The maximum Gasteiger partial charge on any atom is 0.0212 e. The highest BCUT2D eigenvalue weighted by atomic mass is 15.3. The van der Waals surface area contributed by atoms with Gasteiger partial charge >= 0.3 is 0 Å². The van der Waals surface area contributed by atoms with Crippen molar-refractivity contribution in [3.63, 3.8) is 0 Å². The van der Waals surface area contributed by atoms with Gasteiger partial charge in [0.15, 0.2) is 0 Å². The van der Waals surface area contributed by atoms with Crippen molar-refractivity contribution in [2.75, 3.05) is 6.54 Å². The first-order valence-electron chi connectivity index (χ1n) is 8.29. The molecular weight excluding hydrogens is 220 g/mol. The molecular formula is C16H30N2. The molecule has 3 rings (SSSR count). The summed E-state index contributed by atoms with van der Waals surface area (Å²) >= 11 is 0. The van der Waals surface area contributed by atoms with Gasteiger partial charge in [-0.2, -0.15) is 0 Å². The van der Waals surface area contributed by atoms with E-state index in [-0.39, 0.29) is 0 Å². The summed E-state index contributed by atoms with van der Waals surface area (Å²) in [6.07, 6.45) is 11.5. The van der Waals surface area contributed by atoms with Gasteiger partial charge in [0.05, 0.1) is 0 Å². The van der Waals surface area contributed by atoms with Crippen LogP contribution in [0.2, 0.25) is 0 Å². The fourth-order valence-corrected chi connectivity index (χ4v) is 4.31. The molecule has 1 saturated heterocycles. The van der Waals surface area contributed by atoms with Crippen molar-refractivity contribution in [1.29, 1.82) is 0 Å². The van der Waals surface area contributed by atoms with Gasteiger partial charge in [-0.15, -0.1) is 0 Å². The lowest BCUT2D eigenvalue weighted by atomic mass is 9.82. The molecule has 3 aliphatic rings. The maximum atomic E-state index is 4.02. The quantitative estimate of drug-likeness (QED) is 0.824. The van der Waals surface area contributed by atoms with Crippen molar-refractivity contribution in [2.24, 2.45) is 5.92 Å². The van der Waals surface area contributed by atoms with Crippen LogP contribution in [0.25, 0.3) is 0 Å². The minimum atomic E-state index is 0.776. The summed E-state index contributed by atoms with van der Waals surface area (Å²) in [6, 6.07) is 3.36. The molecule has 0 aromatic heterocycles. The first-order valence-corrected chi connectivity index (χ1v) is 8.29. The highest BCUT2D eigenvalue weighted by Gasteiger charge is 2.39. The molecule has 0 spiro atoms. The molecule has 0 radical (unpaired) electrons. The largest absolute Gasteiger partial charge is 0.310 e. The summed E-state index contributed by atoms with van der Waals surface area (Å²) in [5.41, 5.74) is 0. The van der Waals surface area contributed by atoms with Gasteiger partial charge in [-0.25, -0.2) is 0 Å². The maximum absolute atomic E-state index is 4.02. The van der Waals surface area contributed by atoms with Crippen LogP contribution in [-0.2, 0) is 0 Å². The fraction of sp³-hybridized carbons (Fsp3) is 1.00. The van der Waals surface area contributed by atoms with Crippen molar-refractivity contribution in [2.45, 2.75) is 89.4 Å². The first-order chi connectivity index (χ1) is 8.78. The Kier molecular flexibility index (Phi) is 3.95. The average molecular weight is 250 g/mol. The molecule has 18 heavy (non-hydrogen) atoms. The topological polar surface area (TPSA) is 15.3 Å². The molecule has 3 fully saturated rings. The summed E-state index contributed by atoms with van der Waals surface area (Å²) in [6.45, 7) is 6.12. The third kappa shape index (κ3) is 2.75. The van der Waals surface area contributed by atoms with Crippen LogP contribution in [0.5, 0.6) is 0 Å². The molecule has 0 bridgehead atoms. The normalized spacial score (nSPS) is 42.3. The van der Waals surface area contributed by atoms with Gasteiger partial charge in [0.2, 0.25) is 0 Å². The zero-order chi connectivity index (χ0) is 12.5. The number of likely N-dealkylation sites (tertiary alicyclic amines) is 1. The van der Waals surface area contributed by atoms with Crippen molar-refractivity contribution in [3.8, 4) is 0 Å². The van der Waals surface area contributed by atoms with Gasteiger partial charge in [0.25, 0.3) is 0 Å². The molecule has 2 heteroatoms. The van der Waals surface area contributed by atoms with E-state index in [0.717, 1.165) is 30.1 Å². The molecule has 104 valence electrons. The second-order valence-electron chi connectivity index (χ2n) is 6.94. The summed E-state index contributed by atoms with van der Waals surface area (Å²) in [5, 5.41) is 4.02. The van der Waals surface area contributed by atoms with Crippen LogP contribution in [0.1, 0.15) is 65.2 Å². The van der Waals surface area contributed by atoms with Crippen LogP contribution in [0.3, 0.4) is 0 Å². The highest BCUT2D eigenvalue weighted by molar-refractivity contribution is 4.97. The minimum absolute atomic E-state index is 0.776. The Morgan fingerprint density at radius 3 is 2.61 bits per heavy atom. The van der Waals surface area contributed by atoms with E-state index >= 15 is 0 Å². The van der Waals surface area contributed by atoms with Crippen molar-refractivity contribution >= 4 is 0 Å². The molecule has 2 aliphatic carbocycles. The minimum Gasteiger partial charge on any atom is -0.310 e. The Morgan fingerprint density at radius 2 is 1.89 bits per heavy atom.